The third-order valence-corrected chi connectivity index (χ3v) is 17.4. The fourth-order valence-electron chi connectivity index (χ4n) is 9.04. The number of halogens is 1. The Morgan fingerprint density at radius 1 is 1.09 bits per heavy atom. The second-order valence-corrected chi connectivity index (χ2v) is 22.4. The highest BCUT2D eigenvalue weighted by atomic mass is 28.4. The number of hydrogen-bond acceptors (Lipinski definition) is 10. The molecule has 3 aliphatic carbocycles. The molecule has 0 spiro atoms. The Bertz CT molecular complexity index is 1870. The predicted molar refractivity (Wildman–Crippen MR) is 218 cm³/mol. The number of ketones is 2. The van der Waals surface area contributed by atoms with Gasteiger partial charge < -0.3 is 23.5 Å². The molecule has 6 rings (SSSR count). The van der Waals surface area contributed by atoms with Crippen LogP contribution in [0, 0.1) is 17.7 Å². The number of aliphatic hydroxyl groups excluding tert-OH is 1. The lowest BCUT2D eigenvalue weighted by Crippen LogP contribution is -2.68. The Kier molecular flexibility index (Phi) is 12.3. The molecule has 1 unspecified atom stereocenters. The van der Waals surface area contributed by atoms with Crippen LogP contribution in [0.5, 0.6) is 11.6 Å². The summed E-state index contributed by atoms with van der Waals surface area (Å²) in [5, 5.41) is 16.4. The summed E-state index contributed by atoms with van der Waals surface area (Å²) in [4.78, 5) is 35.7. The molecule has 1 aromatic heterocycles. The van der Waals surface area contributed by atoms with Gasteiger partial charge in [-0.3, -0.25) is 19.4 Å². The molecule has 1 N–H and O–H groups in total. The summed E-state index contributed by atoms with van der Waals surface area (Å²) in [6.45, 7) is 24.7. The summed E-state index contributed by atoms with van der Waals surface area (Å²) in [5.41, 5.74) is -0.829. The standard InChI is InChI=1S/C44H62FN3O7Si/c1-11-15-22-52-32-26-28(31-18-17-21-47(31)8)36(45)29-24-27-25-30-37(48(19-13-3)20-14-4)39-35(42(46-54-39)53-23-16-12-2)41(51)44(30,55-56(9,10)43(5,6)7)40(50)33(27)38(49)34(29)32/h13-14,26-27,30-31,37,49H,3-4,11-12,15-25H2,1-2,5-10H3/t27-,30-,31?,37-,44-/m0/s1. The van der Waals surface area contributed by atoms with Gasteiger partial charge in [0.05, 0.1) is 24.8 Å². The predicted octanol–water partition coefficient (Wildman–Crippen LogP) is 9.34. The molecular formula is C44H62FN3O7Si. The lowest BCUT2D eigenvalue weighted by atomic mass is 9.57. The number of ether oxygens (including phenoxy) is 2. The SMILES string of the molecule is C=CCN(CC=C)[C@@H]1c2onc(OCCCC)c2C(=O)[C@@]2(O[Si](C)(C)C(C)(C)C)C(=O)C3=C(O)c4c(OCCCC)cc(C5CCCN5C)c(F)c4C[C@H]3C[C@@H]12. The maximum atomic E-state index is 17.1. The number of likely N-dealkylation sites (tertiary alicyclic amines) is 1. The van der Waals surface area contributed by atoms with Gasteiger partial charge in [0, 0.05) is 41.7 Å². The van der Waals surface area contributed by atoms with Gasteiger partial charge >= 0.3 is 0 Å². The fourth-order valence-corrected chi connectivity index (χ4v) is 10.5. The maximum absolute atomic E-state index is 17.1. The molecule has 1 aliphatic heterocycles. The molecule has 5 atom stereocenters. The molecular weight excluding hydrogens is 730 g/mol. The summed E-state index contributed by atoms with van der Waals surface area (Å²) < 4.78 is 42.9. The Hall–Kier alpha value is -3.58. The Labute approximate surface area is 333 Å². The van der Waals surface area contributed by atoms with E-state index in [1.165, 1.54) is 0 Å². The van der Waals surface area contributed by atoms with Gasteiger partial charge in [-0.2, -0.15) is 0 Å². The number of aliphatic hydroxyl groups is 1. The number of aromatic nitrogens is 1. The van der Waals surface area contributed by atoms with Gasteiger partial charge in [-0.05, 0) is 87.4 Å². The van der Waals surface area contributed by atoms with Gasteiger partial charge in [-0.15, -0.1) is 13.2 Å². The Balaban J connectivity index is 1.62. The first-order chi connectivity index (χ1) is 26.6. The van der Waals surface area contributed by atoms with E-state index < -0.39 is 48.4 Å². The fraction of sp³-hybridized carbons (Fsp3) is 0.614. The maximum Gasteiger partial charge on any atom is 0.265 e. The van der Waals surface area contributed by atoms with E-state index in [2.05, 4.69) is 55.8 Å². The van der Waals surface area contributed by atoms with E-state index in [9.17, 15) is 5.11 Å². The number of rotatable bonds is 16. The van der Waals surface area contributed by atoms with Crippen LogP contribution >= 0.6 is 0 Å². The molecule has 1 aromatic carbocycles. The highest BCUT2D eigenvalue weighted by Crippen LogP contribution is 2.60. The average Bonchev–Trinajstić information content (AvgIpc) is 3.76. The van der Waals surface area contributed by atoms with E-state index in [-0.39, 0.29) is 53.0 Å². The summed E-state index contributed by atoms with van der Waals surface area (Å²) >= 11 is 0. The van der Waals surface area contributed by atoms with Crippen LogP contribution in [-0.2, 0) is 15.6 Å². The van der Waals surface area contributed by atoms with E-state index in [0.29, 0.717) is 48.9 Å². The quantitative estimate of drug-likeness (QED) is 0.0764. The van der Waals surface area contributed by atoms with Crippen LogP contribution in [0.15, 0.2) is 41.5 Å². The molecule has 2 heterocycles. The molecule has 0 amide bonds. The van der Waals surface area contributed by atoms with Gasteiger partial charge in [-0.1, -0.05) is 59.6 Å². The minimum absolute atomic E-state index is 0.0254. The van der Waals surface area contributed by atoms with Crippen LogP contribution in [0.1, 0.15) is 124 Å². The zero-order chi connectivity index (χ0) is 40.7. The van der Waals surface area contributed by atoms with Crippen LogP contribution in [-0.4, -0.2) is 85.4 Å². The molecule has 0 radical (unpaired) electrons. The van der Waals surface area contributed by atoms with Crippen molar-refractivity contribution >= 4 is 25.6 Å². The molecule has 2 aromatic rings. The molecule has 0 bridgehead atoms. The van der Waals surface area contributed by atoms with E-state index >= 15 is 14.0 Å². The molecule has 56 heavy (non-hydrogen) atoms. The molecule has 12 heteroatoms. The normalized spacial score (nSPS) is 25.2. The van der Waals surface area contributed by atoms with Crippen molar-refractivity contribution < 1.29 is 37.5 Å². The first-order valence-corrected chi connectivity index (χ1v) is 23.5. The van der Waals surface area contributed by atoms with Crippen LogP contribution in [0.2, 0.25) is 18.1 Å². The second-order valence-electron chi connectivity index (χ2n) is 17.6. The van der Waals surface area contributed by atoms with Crippen LogP contribution < -0.4 is 9.47 Å². The number of nitrogens with zero attached hydrogens (tertiary/aromatic N) is 3. The van der Waals surface area contributed by atoms with Crippen molar-refractivity contribution in [3.8, 4) is 11.6 Å². The monoisotopic (exact) mass is 791 g/mol. The molecule has 1 saturated carbocycles. The van der Waals surface area contributed by atoms with Crippen molar-refractivity contribution in [3.05, 3.63) is 70.8 Å². The summed E-state index contributed by atoms with van der Waals surface area (Å²) in [5.74, 6) is -2.65. The number of Topliss-reactive ketones (excluding diaryl/α,β-unsaturated/α-hetero) is 2. The van der Waals surface area contributed by atoms with Crippen molar-refractivity contribution in [2.75, 3.05) is 39.9 Å². The number of carbonyl (C=O) groups excluding carboxylic acids is 2. The Morgan fingerprint density at radius 2 is 1.75 bits per heavy atom. The third kappa shape index (κ3) is 7.02. The van der Waals surface area contributed by atoms with Gasteiger partial charge in [-0.25, -0.2) is 4.39 Å². The second kappa shape index (κ2) is 16.3. The minimum atomic E-state index is -2.95. The summed E-state index contributed by atoms with van der Waals surface area (Å²) in [7, 11) is -0.949. The summed E-state index contributed by atoms with van der Waals surface area (Å²) in [6.07, 6.45) is 8.90. The lowest BCUT2D eigenvalue weighted by Gasteiger charge is -2.55. The highest BCUT2D eigenvalue weighted by Gasteiger charge is 2.69. The smallest absolute Gasteiger partial charge is 0.265 e. The van der Waals surface area contributed by atoms with Crippen LogP contribution in [0.3, 0.4) is 0 Å². The number of benzene rings is 1. The zero-order valence-electron chi connectivity index (χ0n) is 34.8. The highest BCUT2D eigenvalue weighted by molar-refractivity contribution is 6.74. The number of carbonyl (C=O) groups is 2. The van der Waals surface area contributed by atoms with Crippen molar-refractivity contribution in [2.24, 2.45) is 11.8 Å². The van der Waals surface area contributed by atoms with Crippen molar-refractivity contribution in [2.45, 2.75) is 122 Å². The zero-order valence-corrected chi connectivity index (χ0v) is 35.8. The van der Waals surface area contributed by atoms with Crippen LogP contribution in [0.4, 0.5) is 4.39 Å². The van der Waals surface area contributed by atoms with Crippen molar-refractivity contribution in [1.82, 2.24) is 15.0 Å². The molecule has 1 saturated heterocycles. The first-order valence-electron chi connectivity index (χ1n) is 20.6. The minimum Gasteiger partial charge on any atom is -0.507 e. The average molecular weight is 792 g/mol. The van der Waals surface area contributed by atoms with Gasteiger partial charge in [0.25, 0.3) is 5.88 Å². The van der Waals surface area contributed by atoms with E-state index in [1.54, 1.807) is 18.2 Å². The molecule has 306 valence electrons. The number of unbranched alkanes of at least 4 members (excludes halogenated alkanes) is 2. The molecule has 4 aliphatic rings. The largest absolute Gasteiger partial charge is 0.507 e. The van der Waals surface area contributed by atoms with Gasteiger partial charge in [0.15, 0.2) is 19.7 Å². The third-order valence-electron chi connectivity index (χ3n) is 13.0. The molecule has 2 fully saturated rings. The van der Waals surface area contributed by atoms with Crippen molar-refractivity contribution in [3.63, 3.8) is 0 Å². The van der Waals surface area contributed by atoms with Gasteiger partial charge in [0.1, 0.15) is 22.9 Å². The first kappa shape index (κ1) is 42.0. The molecule has 10 nitrogen and oxygen atoms in total. The number of fused-ring (bicyclic) bond motifs is 4. The van der Waals surface area contributed by atoms with E-state index in [0.717, 1.165) is 45.1 Å². The number of hydrogen-bond donors (Lipinski definition) is 1. The van der Waals surface area contributed by atoms with Crippen molar-refractivity contribution in [1.29, 1.82) is 0 Å². The van der Waals surface area contributed by atoms with E-state index in [1.807, 2.05) is 27.1 Å². The van der Waals surface area contributed by atoms with Crippen LogP contribution in [0.25, 0.3) is 5.76 Å². The topological polar surface area (TPSA) is 115 Å². The van der Waals surface area contributed by atoms with Gasteiger partial charge in [0.2, 0.25) is 11.6 Å². The lowest BCUT2D eigenvalue weighted by molar-refractivity contribution is -0.141. The summed E-state index contributed by atoms with van der Waals surface area (Å²) in [6, 6.07) is 0.897. The van der Waals surface area contributed by atoms with E-state index in [4.69, 9.17) is 18.4 Å². The Morgan fingerprint density at radius 3 is 2.34 bits per heavy atom.